The van der Waals surface area contributed by atoms with E-state index >= 15 is 0 Å². The molecule has 1 unspecified atom stereocenters. The van der Waals surface area contributed by atoms with E-state index in [4.69, 9.17) is 9.47 Å². The van der Waals surface area contributed by atoms with Gasteiger partial charge in [-0.05, 0) is 30.7 Å². The summed E-state index contributed by atoms with van der Waals surface area (Å²) in [4.78, 5) is 11.6. The Kier molecular flexibility index (Phi) is 3.82. The second-order valence-electron chi connectivity index (χ2n) is 3.89. The molecule has 0 aromatic heterocycles. The Balaban J connectivity index is 1.84. The molecule has 0 aliphatic carbocycles. The lowest BCUT2D eigenvalue weighted by atomic mass is 10.2. The molecular formula is C12H16N2O3. The van der Waals surface area contributed by atoms with Crippen LogP contribution in [0.3, 0.4) is 0 Å². The molecular weight excluding hydrogens is 220 g/mol. The predicted octanol–water partition coefficient (Wildman–Crippen LogP) is 1.61. The van der Waals surface area contributed by atoms with Crippen LogP contribution in [0.4, 0.5) is 10.5 Å². The molecule has 1 atom stereocenters. The number of amides is 2. The molecule has 1 heterocycles. The van der Waals surface area contributed by atoms with E-state index in [9.17, 15) is 4.79 Å². The third-order valence-electron chi connectivity index (χ3n) is 2.61. The number of rotatable bonds is 3. The second kappa shape index (κ2) is 5.54. The average molecular weight is 236 g/mol. The zero-order valence-corrected chi connectivity index (χ0v) is 9.73. The van der Waals surface area contributed by atoms with Gasteiger partial charge in [0.25, 0.3) is 0 Å². The maximum atomic E-state index is 11.6. The highest BCUT2D eigenvalue weighted by Crippen LogP contribution is 2.14. The summed E-state index contributed by atoms with van der Waals surface area (Å²) in [5.41, 5.74) is 0.738. The van der Waals surface area contributed by atoms with Gasteiger partial charge in [0.1, 0.15) is 5.75 Å². The van der Waals surface area contributed by atoms with Gasteiger partial charge in [0, 0.05) is 12.3 Å². The van der Waals surface area contributed by atoms with Crippen molar-refractivity contribution in [2.24, 2.45) is 0 Å². The Hall–Kier alpha value is -1.75. The van der Waals surface area contributed by atoms with Crippen LogP contribution in [0.2, 0.25) is 0 Å². The minimum Gasteiger partial charge on any atom is -0.497 e. The smallest absolute Gasteiger partial charge is 0.319 e. The van der Waals surface area contributed by atoms with Crippen LogP contribution in [-0.4, -0.2) is 32.4 Å². The summed E-state index contributed by atoms with van der Waals surface area (Å²) in [6.07, 6.45) is 0.871. The SMILES string of the molecule is COc1ccc(NC(=O)NC2CCOC2)cc1. The van der Waals surface area contributed by atoms with Crippen LogP contribution in [0.5, 0.6) is 5.75 Å². The fourth-order valence-corrected chi connectivity index (χ4v) is 1.68. The molecule has 1 aromatic carbocycles. The van der Waals surface area contributed by atoms with Crippen LogP contribution < -0.4 is 15.4 Å². The van der Waals surface area contributed by atoms with Crippen molar-refractivity contribution in [3.8, 4) is 5.75 Å². The zero-order chi connectivity index (χ0) is 12.1. The largest absolute Gasteiger partial charge is 0.497 e. The average Bonchev–Trinajstić information content (AvgIpc) is 2.82. The monoisotopic (exact) mass is 236 g/mol. The molecule has 1 aliphatic heterocycles. The van der Waals surface area contributed by atoms with Crippen molar-refractivity contribution in [3.05, 3.63) is 24.3 Å². The van der Waals surface area contributed by atoms with Crippen LogP contribution >= 0.6 is 0 Å². The maximum absolute atomic E-state index is 11.6. The molecule has 5 heteroatoms. The van der Waals surface area contributed by atoms with Crippen molar-refractivity contribution in [2.45, 2.75) is 12.5 Å². The Bertz CT molecular complexity index is 372. The molecule has 1 aromatic rings. The van der Waals surface area contributed by atoms with E-state index in [0.717, 1.165) is 17.9 Å². The van der Waals surface area contributed by atoms with E-state index < -0.39 is 0 Å². The number of carbonyl (C=O) groups excluding carboxylic acids is 1. The fraction of sp³-hybridized carbons (Fsp3) is 0.417. The van der Waals surface area contributed by atoms with E-state index in [1.165, 1.54) is 0 Å². The molecule has 1 fully saturated rings. The van der Waals surface area contributed by atoms with Crippen molar-refractivity contribution >= 4 is 11.7 Å². The summed E-state index contributed by atoms with van der Waals surface area (Å²) in [5, 5.41) is 5.61. The van der Waals surface area contributed by atoms with Crippen molar-refractivity contribution < 1.29 is 14.3 Å². The highest BCUT2D eigenvalue weighted by atomic mass is 16.5. The molecule has 5 nitrogen and oxygen atoms in total. The van der Waals surface area contributed by atoms with E-state index in [1.807, 2.05) is 0 Å². The van der Waals surface area contributed by atoms with E-state index in [1.54, 1.807) is 31.4 Å². The number of carbonyl (C=O) groups is 1. The van der Waals surface area contributed by atoms with Crippen molar-refractivity contribution in [1.29, 1.82) is 0 Å². The van der Waals surface area contributed by atoms with Crippen molar-refractivity contribution in [2.75, 3.05) is 25.6 Å². The van der Waals surface area contributed by atoms with Gasteiger partial charge in [-0.2, -0.15) is 0 Å². The first kappa shape index (κ1) is 11.7. The highest BCUT2D eigenvalue weighted by molar-refractivity contribution is 5.89. The molecule has 92 valence electrons. The minimum absolute atomic E-state index is 0.119. The van der Waals surface area contributed by atoms with Gasteiger partial charge in [-0.25, -0.2) is 4.79 Å². The van der Waals surface area contributed by atoms with E-state index in [2.05, 4.69) is 10.6 Å². The third kappa shape index (κ3) is 3.35. The standard InChI is InChI=1S/C12H16N2O3/c1-16-11-4-2-9(3-5-11)13-12(15)14-10-6-7-17-8-10/h2-5,10H,6-8H2,1H3,(H2,13,14,15). The summed E-state index contributed by atoms with van der Waals surface area (Å²) in [5.74, 6) is 0.764. The van der Waals surface area contributed by atoms with Crippen LogP contribution in [0.1, 0.15) is 6.42 Å². The lowest BCUT2D eigenvalue weighted by molar-refractivity contribution is 0.189. The number of urea groups is 1. The molecule has 0 bridgehead atoms. The molecule has 0 radical (unpaired) electrons. The highest BCUT2D eigenvalue weighted by Gasteiger charge is 2.17. The van der Waals surface area contributed by atoms with Gasteiger partial charge in [-0.15, -0.1) is 0 Å². The summed E-state index contributed by atoms with van der Waals surface area (Å²) in [6, 6.07) is 7.11. The second-order valence-corrected chi connectivity index (χ2v) is 3.89. The van der Waals surface area contributed by atoms with Crippen LogP contribution in [0.25, 0.3) is 0 Å². The first-order valence-corrected chi connectivity index (χ1v) is 5.57. The summed E-state index contributed by atoms with van der Waals surface area (Å²) in [7, 11) is 1.61. The number of nitrogens with one attached hydrogen (secondary N) is 2. The summed E-state index contributed by atoms with van der Waals surface area (Å²) in [6.45, 7) is 1.31. The van der Waals surface area contributed by atoms with Gasteiger partial charge >= 0.3 is 6.03 Å². The number of ether oxygens (including phenoxy) is 2. The lowest BCUT2D eigenvalue weighted by Gasteiger charge is -2.12. The fourth-order valence-electron chi connectivity index (χ4n) is 1.68. The van der Waals surface area contributed by atoms with Crippen LogP contribution in [0.15, 0.2) is 24.3 Å². The summed E-state index contributed by atoms with van der Waals surface area (Å²) < 4.78 is 10.2. The lowest BCUT2D eigenvalue weighted by Crippen LogP contribution is -2.38. The van der Waals surface area contributed by atoms with Gasteiger partial charge in [0.2, 0.25) is 0 Å². The molecule has 2 amide bonds. The van der Waals surface area contributed by atoms with Gasteiger partial charge in [-0.1, -0.05) is 0 Å². The number of benzene rings is 1. The normalized spacial score (nSPS) is 18.8. The minimum atomic E-state index is -0.203. The Labute approximate surface area is 100 Å². The van der Waals surface area contributed by atoms with Gasteiger partial charge in [0.05, 0.1) is 19.8 Å². The van der Waals surface area contributed by atoms with Gasteiger partial charge < -0.3 is 20.1 Å². The molecule has 17 heavy (non-hydrogen) atoms. The number of anilines is 1. The zero-order valence-electron chi connectivity index (χ0n) is 9.73. The van der Waals surface area contributed by atoms with Crippen molar-refractivity contribution in [3.63, 3.8) is 0 Å². The quantitative estimate of drug-likeness (QED) is 0.838. The van der Waals surface area contributed by atoms with Crippen molar-refractivity contribution in [1.82, 2.24) is 5.32 Å². The Morgan fingerprint density at radius 3 is 2.76 bits per heavy atom. The molecule has 2 rings (SSSR count). The van der Waals surface area contributed by atoms with E-state index in [0.29, 0.717) is 13.2 Å². The Morgan fingerprint density at radius 1 is 1.41 bits per heavy atom. The summed E-state index contributed by atoms with van der Waals surface area (Å²) >= 11 is 0. The molecule has 1 aliphatic rings. The first-order chi connectivity index (χ1) is 8.28. The van der Waals surface area contributed by atoms with Gasteiger partial charge in [-0.3, -0.25) is 0 Å². The maximum Gasteiger partial charge on any atom is 0.319 e. The topological polar surface area (TPSA) is 59.6 Å². The first-order valence-electron chi connectivity index (χ1n) is 5.57. The molecule has 0 spiro atoms. The molecule has 0 saturated carbocycles. The number of methoxy groups -OCH3 is 1. The number of hydrogen-bond acceptors (Lipinski definition) is 3. The third-order valence-corrected chi connectivity index (χ3v) is 2.61. The van der Waals surface area contributed by atoms with E-state index in [-0.39, 0.29) is 12.1 Å². The molecule has 2 N–H and O–H groups in total. The van der Waals surface area contributed by atoms with Crippen LogP contribution in [0, 0.1) is 0 Å². The predicted molar refractivity (Wildman–Crippen MR) is 64.4 cm³/mol. The Morgan fingerprint density at radius 2 is 2.18 bits per heavy atom. The molecule has 1 saturated heterocycles. The van der Waals surface area contributed by atoms with Crippen LogP contribution in [-0.2, 0) is 4.74 Å². The number of hydrogen-bond donors (Lipinski definition) is 2. The van der Waals surface area contributed by atoms with Gasteiger partial charge in [0.15, 0.2) is 0 Å².